The molecule has 0 aliphatic carbocycles. The predicted octanol–water partition coefficient (Wildman–Crippen LogP) is 2.52. The lowest BCUT2D eigenvalue weighted by Gasteiger charge is -2.15. The van der Waals surface area contributed by atoms with Crippen molar-refractivity contribution in [1.29, 1.82) is 0 Å². The van der Waals surface area contributed by atoms with E-state index >= 15 is 0 Å². The van der Waals surface area contributed by atoms with Crippen molar-refractivity contribution < 1.29 is 14.3 Å². The van der Waals surface area contributed by atoms with Crippen LogP contribution < -0.4 is 5.32 Å². The third-order valence-corrected chi connectivity index (χ3v) is 3.21. The van der Waals surface area contributed by atoms with Gasteiger partial charge in [-0.3, -0.25) is 4.79 Å². The summed E-state index contributed by atoms with van der Waals surface area (Å²) in [5.41, 5.74) is 0.477. The number of amides is 1. The average molecular weight is 295 g/mol. The van der Waals surface area contributed by atoms with Gasteiger partial charge in [-0.2, -0.15) is 0 Å². The number of esters is 1. The SMILES string of the molecule is C#CCC(NC(=O)c1ccc2ccccc2c1)C(=O)OCC. The molecule has 0 heterocycles. The van der Waals surface area contributed by atoms with Gasteiger partial charge in [-0.25, -0.2) is 4.79 Å². The summed E-state index contributed by atoms with van der Waals surface area (Å²) in [5.74, 6) is 1.51. The van der Waals surface area contributed by atoms with Crippen molar-refractivity contribution in [1.82, 2.24) is 5.32 Å². The van der Waals surface area contributed by atoms with E-state index in [1.807, 2.05) is 30.3 Å². The topological polar surface area (TPSA) is 55.4 Å². The number of terminal acetylenes is 1. The van der Waals surface area contributed by atoms with Crippen LogP contribution in [0, 0.1) is 12.3 Å². The van der Waals surface area contributed by atoms with E-state index in [2.05, 4.69) is 11.2 Å². The molecule has 0 spiro atoms. The van der Waals surface area contributed by atoms with E-state index in [1.165, 1.54) is 0 Å². The Kier molecular flexibility index (Phi) is 5.16. The van der Waals surface area contributed by atoms with Crippen molar-refractivity contribution in [3.8, 4) is 12.3 Å². The molecule has 0 saturated carbocycles. The van der Waals surface area contributed by atoms with Crippen molar-refractivity contribution in [3.05, 3.63) is 48.0 Å². The molecule has 4 heteroatoms. The van der Waals surface area contributed by atoms with E-state index in [1.54, 1.807) is 19.1 Å². The molecular weight excluding hydrogens is 278 g/mol. The third kappa shape index (κ3) is 3.64. The summed E-state index contributed by atoms with van der Waals surface area (Å²) < 4.78 is 4.91. The molecule has 2 aromatic carbocycles. The summed E-state index contributed by atoms with van der Waals surface area (Å²) in [6.07, 6.45) is 5.34. The Morgan fingerprint density at radius 2 is 1.95 bits per heavy atom. The van der Waals surface area contributed by atoms with Crippen LogP contribution in [-0.2, 0) is 9.53 Å². The van der Waals surface area contributed by atoms with Gasteiger partial charge in [0.15, 0.2) is 0 Å². The van der Waals surface area contributed by atoms with Crippen molar-refractivity contribution in [3.63, 3.8) is 0 Å². The average Bonchev–Trinajstić information content (AvgIpc) is 2.54. The molecule has 1 atom stereocenters. The molecule has 22 heavy (non-hydrogen) atoms. The van der Waals surface area contributed by atoms with E-state index in [0.29, 0.717) is 5.56 Å². The van der Waals surface area contributed by atoms with Gasteiger partial charge in [-0.05, 0) is 29.8 Å². The molecule has 2 rings (SSSR count). The molecule has 0 aromatic heterocycles. The molecule has 2 aromatic rings. The summed E-state index contributed by atoms with van der Waals surface area (Å²) in [4.78, 5) is 24.1. The summed E-state index contributed by atoms with van der Waals surface area (Å²) in [7, 11) is 0. The molecule has 0 aliphatic rings. The Morgan fingerprint density at radius 3 is 2.64 bits per heavy atom. The first-order valence-electron chi connectivity index (χ1n) is 7.05. The van der Waals surface area contributed by atoms with Gasteiger partial charge in [0.05, 0.1) is 6.61 Å². The fraction of sp³-hybridized carbons (Fsp3) is 0.222. The number of carbonyl (C=O) groups excluding carboxylic acids is 2. The Labute approximate surface area is 129 Å². The summed E-state index contributed by atoms with van der Waals surface area (Å²) in [6.45, 7) is 1.95. The second kappa shape index (κ2) is 7.28. The Hall–Kier alpha value is -2.80. The highest BCUT2D eigenvalue weighted by molar-refractivity contribution is 6.00. The number of ether oxygens (including phenoxy) is 1. The van der Waals surface area contributed by atoms with Crippen molar-refractivity contribution in [2.24, 2.45) is 0 Å². The van der Waals surface area contributed by atoms with Gasteiger partial charge >= 0.3 is 5.97 Å². The smallest absolute Gasteiger partial charge is 0.329 e. The van der Waals surface area contributed by atoms with Crippen molar-refractivity contribution >= 4 is 22.6 Å². The quantitative estimate of drug-likeness (QED) is 0.681. The Balaban J connectivity index is 2.17. The molecule has 0 saturated heterocycles. The van der Waals surface area contributed by atoms with Gasteiger partial charge in [0.25, 0.3) is 5.91 Å². The molecular formula is C18H17NO3. The molecule has 0 aliphatic heterocycles. The van der Waals surface area contributed by atoms with Gasteiger partial charge in [-0.1, -0.05) is 30.3 Å². The lowest BCUT2D eigenvalue weighted by Crippen LogP contribution is -2.41. The summed E-state index contributed by atoms with van der Waals surface area (Å²) in [5, 5.41) is 4.63. The monoisotopic (exact) mass is 295 g/mol. The van der Waals surface area contributed by atoms with E-state index < -0.39 is 12.0 Å². The first-order chi connectivity index (χ1) is 10.7. The molecule has 1 unspecified atom stereocenters. The zero-order valence-corrected chi connectivity index (χ0v) is 12.3. The number of nitrogens with one attached hydrogen (secondary N) is 1. The van der Waals surface area contributed by atoms with Crippen molar-refractivity contribution in [2.75, 3.05) is 6.61 Å². The number of benzene rings is 2. The van der Waals surface area contributed by atoms with Gasteiger partial charge in [0.2, 0.25) is 0 Å². The van der Waals surface area contributed by atoms with E-state index in [-0.39, 0.29) is 18.9 Å². The normalized spacial score (nSPS) is 11.5. The fourth-order valence-electron chi connectivity index (χ4n) is 2.13. The lowest BCUT2D eigenvalue weighted by atomic mass is 10.1. The second-order valence-electron chi connectivity index (χ2n) is 4.75. The molecule has 0 bridgehead atoms. The van der Waals surface area contributed by atoms with E-state index in [4.69, 9.17) is 11.2 Å². The standard InChI is InChI=1S/C18H17NO3/c1-3-7-16(18(21)22-4-2)19-17(20)15-11-10-13-8-5-6-9-14(13)12-15/h1,5-6,8-12,16H,4,7H2,2H3,(H,19,20). The van der Waals surface area contributed by atoms with Crippen LogP contribution in [0.4, 0.5) is 0 Å². The zero-order valence-electron chi connectivity index (χ0n) is 12.3. The Morgan fingerprint density at radius 1 is 1.23 bits per heavy atom. The van der Waals surface area contributed by atoms with Crippen LogP contribution in [0.2, 0.25) is 0 Å². The molecule has 112 valence electrons. The maximum atomic E-state index is 12.3. The zero-order chi connectivity index (χ0) is 15.9. The largest absolute Gasteiger partial charge is 0.464 e. The Bertz CT molecular complexity index is 730. The number of hydrogen-bond acceptors (Lipinski definition) is 3. The van der Waals surface area contributed by atoms with E-state index in [9.17, 15) is 9.59 Å². The van der Waals surface area contributed by atoms with Crippen LogP contribution in [0.5, 0.6) is 0 Å². The van der Waals surface area contributed by atoms with Crippen molar-refractivity contribution in [2.45, 2.75) is 19.4 Å². The number of fused-ring (bicyclic) bond motifs is 1. The predicted molar refractivity (Wildman–Crippen MR) is 85.3 cm³/mol. The van der Waals surface area contributed by atoms with Gasteiger partial charge in [0, 0.05) is 12.0 Å². The maximum absolute atomic E-state index is 12.3. The van der Waals surface area contributed by atoms with Crippen LogP contribution in [-0.4, -0.2) is 24.5 Å². The first-order valence-corrected chi connectivity index (χ1v) is 7.05. The lowest BCUT2D eigenvalue weighted by molar-refractivity contribution is -0.145. The van der Waals surface area contributed by atoms with Gasteiger partial charge < -0.3 is 10.1 Å². The fourth-order valence-corrected chi connectivity index (χ4v) is 2.13. The third-order valence-electron chi connectivity index (χ3n) is 3.21. The number of carbonyl (C=O) groups is 2. The maximum Gasteiger partial charge on any atom is 0.329 e. The molecule has 4 nitrogen and oxygen atoms in total. The molecule has 1 N–H and O–H groups in total. The highest BCUT2D eigenvalue weighted by Crippen LogP contribution is 2.15. The minimum Gasteiger partial charge on any atom is -0.464 e. The van der Waals surface area contributed by atoms with Crippen LogP contribution in [0.3, 0.4) is 0 Å². The number of hydrogen-bond donors (Lipinski definition) is 1. The molecule has 0 radical (unpaired) electrons. The molecule has 1 amide bonds. The minimum atomic E-state index is -0.830. The van der Waals surface area contributed by atoms with Crippen LogP contribution in [0.15, 0.2) is 42.5 Å². The highest BCUT2D eigenvalue weighted by Gasteiger charge is 2.21. The van der Waals surface area contributed by atoms with Gasteiger partial charge in [0.1, 0.15) is 6.04 Å². The summed E-state index contributed by atoms with van der Waals surface area (Å²) in [6, 6.07) is 12.3. The second-order valence-corrected chi connectivity index (χ2v) is 4.75. The van der Waals surface area contributed by atoms with Crippen LogP contribution >= 0.6 is 0 Å². The summed E-state index contributed by atoms with van der Waals surface area (Å²) >= 11 is 0. The number of rotatable bonds is 5. The molecule has 0 fully saturated rings. The van der Waals surface area contributed by atoms with Gasteiger partial charge in [-0.15, -0.1) is 12.3 Å². The minimum absolute atomic E-state index is 0.0954. The highest BCUT2D eigenvalue weighted by atomic mass is 16.5. The van der Waals surface area contributed by atoms with Crippen LogP contribution in [0.1, 0.15) is 23.7 Å². The first kappa shape index (κ1) is 15.6. The van der Waals surface area contributed by atoms with E-state index in [0.717, 1.165) is 10.8 Å². The van der Waals surface area contributed by atoms with Crippen LogP contribution in [0.25, 0.3) is 10.8 Å².